The average Bonchev–Trinajstić information content (AvgIpc) is 2.88. The van der Waals surface area contributed by atoms with Gasteiger partial charge in [-0.3, -0.25) is 24.5 Å². The molecule has 0 fully saturated rings. The van der Waals surface area contributed by atoms with E-state index in [4.69, 9.17) is 0 Å². The molecule has 11 nitrogen and oxygen atoms in total. The third-order valence-corrected chi connectivity index (χ3v) is 5.04. The molecule has 4 rings (SSSR count). The van der Waals surface area contributed by atoms with Crippen molar-refractivity contribution in [2.45, 2.75) is 6.04 Å². The number of hydrogen-bond donors (Lipinski definition) is 3. The van der Waals surface area contributed by atoms with E-state index in [0.717, 1.165) is 0 Å². The van der Waals surface area contributed by atoms with Crippen molar-refractivity contribution in [3.05, 3.63) is 116 Å². The van der Waals surface area contributed by atoms with Gasteiger partial charge in [0.05, 0.1) is 16.5 Å². The third-order valence-electron chi connectivity index (χ3n) is 5.04. The minimum Gasteiger partial charge on any atom is -0.335 e. The van der Waals surface area contributed by atoms with Crippen molar-refractivity contribution in [3.63, 3.8) is 0 Å². The van der Waals surface area contributed by atoms with Gasteiger partial charge in [0.2, 0.25) is 0 Å². The van der Waals surface area contributed by atoms with Crippen LogP contribution >= 0.6 is 0 Å². The monoisotopic (exact) mass is 470 g/mol. The first-order valence-corrected chi connectivity index (χ1v) is 10.3. The zero-order valence-corrected chi connectivity index (χ0v) is 18.0. The molecule has 0 aliphatic carbocycles. The number of nitro groups is 1. The fraction of sp³-hybridized carbons (Fsp3) is 0.0417. The predicted octanol–water partition coefficient (Wildman–Crippen LogP) is 2.45. The van der Waals surface area contributed by atoms with E-state index in [1.165, 1.54) is 24.4 Å². The summed E-state index contributed by atoms with van der Waals surface area (Å²) in [7, 11) is 0. The van der Waals surface area contributed by atoms with E-state index >= 15 is 0 Å². The van der Waals surface area contributed by atoms with Gasteiger partial charge in [-0.2, -0.15) is 10.2 Å². The fourth-order valence-electron chi connectivity index (χ4n) is 3.37. The van der Waals surface area contributed by atoms with Crippen LogP contribution in [0.5, 0.6) is 0 Å². The lowest BCUT2D eigenvalue weighted by Crippen LogP contribution is -2.40. The van der Waals surface area contributed by atoms with E-state index in [2.05, 4.69) is 26.0 Å². The standard InChI is InChI=1S/C24H18N6O5/c31-22(16-8-2-1-3-9-16)26-21(20-18-11-4-5-12-19(18)23(32)29-27-20)24(33)28-25-14-15-7-6-10-17(13-15)30(34)35/h1-14,21H,(H,26,31)(H,28,33)(H,29,32)/b25-14-/t21-/m0/s1. The number of benzene rings is 3. The predicted molar refractivity (Wildman–Crippen MR) is 128 cm³/mol. The molecule has 0 radical (unpaired) electrons. The second-order valence-electron chi connectivity index (χ2n) is 7.34. The number of nitrogens with zero attached hydrogens (tertiary/aromatic N) is 3. The van der Waals surface area contributed by atoms with Gasteiger partial charge < -0.3 is 5.32 Å². The summed E-state index contributed by atoms with van der Waals surface area (Å²) in [6.45, 7) is 0. The van der Waals surface area contributed by atoms with Crippen molar-refractivity contribution in [2.24, 2.45) is 5.10 Å². The molecule has 0 aliphatic rings. The summed E-state index contributed by atoms with van der Waals surface area (Å²) < 4.78 is 0. The topological polar surface area (TPSA) is 159 Å². The molecule has 35 heavy (non-hydrogen) atoms. The number of non-ortho nitro benzene ring substituents is 1. The number of H-pyrrole nitrogens is 1. The largest absolute Gasteiger partial charge is 0.335 e. The van der Waals surface area contributed by atoms with Gasteiger partial charge >= 0.3 is 0 Å². The molecule has 1 atom stereocenters. The number of nitrogens with one attached hydrogen (secondary N) is 3. The Morgan fingerprint density at radius 2 is 1.71 bits per heavy atom. The molecule has 174 valence electrons. The summed E-state index contributed by atoms with van der Waals surface area (Å²) in [6.07, 6.45) is 1.24. The van der Waals surface area contributed by atoms with Crippen LogP contribution in [0.4, 0.5) is 5.69 Å². The number of fused-ring (bicyclic) bond motifs is 1. The van der Waals surface area contributed by atoms with E-state index in [-0.39, 0.29) is 11.4 Å². The van der Waals surface area contributed by atoms with Gasteiger partial charge in [-0.1, -0.05) is 48.5 Å². The van der Waals surface area contributed by atoms with Crippen molar-refractivity contribution in [2.75, 3.05) is 0 Å². The van der Waals surface area contributed by atoms with Crippen LogP contribution in [0.15, 0.2) is 88.8 Å². The van der Waals surface area contributed by atoms with Crippen molar-refractivity contribution >= 4 is 34.5 Å². The van der Waals surface area contributed by atoms with E-state index < -0.39 is 28.3 Å². The Morgan fingerprint density at radius 1 is 1.00 bits per heavy atom. The molecule has 0 aliphatic heterocycles. The van der Waals surface area contributed by atoms with Crippen LogP contribution < -0.4 is 16.3 Å². The summed E-state index contributed by atoms with van der Waals surface area (Å²) in [5.74, 6) is -1.27. The zero-order chi connectivity index (χ0) is 24.8. The quantitative estimate of drug-likeness (QED) is 0.214. The first-order chi connectivity index (χ1) is 16.9. The van der Waals surface area contributed by atoms with E-state index in [9.17, 15) is 24.5 Å². The fourth-order valence-corrected chi connectivity index (χ4v) is 3.37. The highest BCUT2D eigenvalue weighted by atomic mass is 16.6. The molecular formula is C24H18N6O5. The van der Waals surface area contributed by atoms with Crippen molar-refractivity contribution < 1.29 is 14.5 Å². The molecule has 0 saturated carbocycles. The molecule has 0 spiro atoms. The van der Waals surface area contributed by atoms with Crippen molar-refractivity contribution in [1.82, 2.24) is 20.9 Å². The second kappa shape index (κ2) is 10.2. The number of hydrogen-bond acceptors (Lipinski definition) is 7. The Hall–Kier alpha value is -5.19. The van der Waals surface area contributed by atoms with Gasteiger partial charge in [-0.15, -0.1) is 0 Å². The third kappa shape index (κ3) is 5.25. The molecule has 3 N–H and O–H groups in total. The average molecular weight is 470 g/mol. The Bertz CT molecular complexity index is 1500. The summed E-state index contributed by atoms with van der Waals surface area (Å²) in [5, 5.41) is 24.5. The maximum atomic E-state index is 13.1. The summed E-state index contributed by atoms with van der Waals surface area (Å²) in [6, 6.07) is 19.2. The number of aromatic amines is 1. The number of rotatable bonds is 7. The summed E-state index contributed by atoms with van der Waals surface area (Å²) in [4.78, 5) is 48.6. The van der Waals surface area contributed by atoms with Gasteiger partial charge in [0.15, 0.2) is 6.04 Å². The molecule has 1 heterocycles. The SMILES string of the molecule is O=C(N[C@H](C(=O)N/N=C\c1cccc([N+](=O)[O-])c1)c1n[nH]c(=O)c2ccccc12)c1ccccc1. The normalized spacial score (nSPS) is 11.8. The first-order valence-electron chi connectivity index (χ1n) is 10.3. The van der Waals surface area contributed by atoms with E-state index in [0.29, 0.717) is 21.9 Å². The molecule has 4 aromatic rings. The first kappa shape index (κ1) is 23.0. The highest BCUT2D eigenvalue weighted by Gasteiger charge is 2.27. The number of hydrazone groups is 1. The van der Waals surface area contributed by atoms with E-state index in [1.807, 2.05) is 0 Å². The summed E-state index contributed by atoms with van der Waals surface area (Å²) >= 11 is 0. The van der Waals surface area contributed by atoms with Gasteiger partial charge in [-0.05, 0) is 18.2 Å². The Kier molecular flexibility index (Phi) is 6.68. The Morgan fingerprint density at radius 3 is 2.46 bits per heavy atom. The lowest BCUT2D eigenvalue weighted by Gasteiger charge is -2.18. The van der Waals surface area contributed by atoms with Crippen molar-refractivity contribution in [3.8, 4) is 0 Å². The number of carbonyl (C=O) groups excluding carboxylic acids is 2. The number of carbonyl (C=O) groups is 2. The molecule has 1 aromatic heterocycles. The van der Waals surface area contributed by atoms with Gasteiger partial charge in [0, 0.05) is 28.6 Å². The van der Waals surface area contributed by atoms with Gasteiger partial charge in [-0.25, -0.2) is 10.5 Å². The van der Waals surface area contributed by atoms with Crippen LogP contribution in [-0.2, 0) is 4.79 Å². The summed E-state index contributed by atoms with van der Waals surface area (Å²) in [5.41, 5.74) is 2.58. The van der Waals surface area contributed by atoms with Crippen LogP contribution in [0.1, 0.15) is 27.7 Å². The number of nitro benzene ring substituents is 1. The zero-order valence-electron chi connectivity index (χ0n) is 18.0. The minimum atomic E-state index is -1.31. The van der Waals surface area contributed by atoms with E-state index in [1.54, 1.807) is 60.7 Å². The smallest absolute Gasteiger partial charge is 0.272 e. The maximum Gasteiger partial charge on any atom is 0.272 e. The van der Waals surface area contributed by atoms with Crippen LogP contribution in [0, 0.1) is 10.1 Å². The molecule has 0 saturated heterocycles. The van der Waals surface area contributed by atoms with Crippen LogP contribution in [-0.4, -0.2) is 33.1 Å². The molecule has 3 aromatic carbocycles. The molecule has 2 amide bonds. The molecule has 0 unspecified atom stereocenters. The highest BCUT2D eigenvalue weighted by Crippen LogP contribution is 2.20. The van der Waals surface area contributed by atoms with Gasteiger partial charge in [0.25, 0.3) is 23.1 Å². The number of amides is 2. The molecular weight excluding hydrogens is 452 g/mol. The molecule has 11 heteroatoms. The second-order valence-corrected chi connectivity index (χ2v) is 7.34. The Labute approximate surface area is 197 Å². The minimum absolute atomic E-state index is 0.118. The maximum absolute atomic E-state index is 13.1. The van der Waals surface area contributed by atoms with Crippen molar-refractivity contribution in [1.29, 1.82) is 0 Å². The van der Waals surface area contributed by atoms with Gasteiger partial charge in [0.1, 0.15) is 5.69 Å². The van der Waals surface area contributed by atoms with Crippen LogP contribution in [0.2, 0.25) is 0 Å². The van der Waals surface area contributed by atoms with Crippen LogP contribution in [0.25, 0.3) is 10.8 Å². The lowest BCUT2D eigenvalue weighted by atomic mass is 10.0. The highest BCUT2D eigenvalue weighted by molar-refractivity contribution is 5.99. The number of aromatic nitrogens is 2. The Balaban J connectivity index is 1.65. The molecule has 0 bridgehead atoms. The van der Waals surface area contributed by atoms with Crippen LogP contribution in [0.3, 0.4) is 0 Å². The lowest BCUT2D eigenvalue weighted by molar-refractivity contribution is -0.384.